The first-order valence-corrected chi connectivity index (χ1v) is 9.48. The number of likely N-dealkylation sites (tertiary alicyclic amines) is 1. The highest BCUT2D eigenvalue weighted by atomic mass is 127. The summed E-state index contributed by atoms with van der Waals surface area (Å²) < 4.78 is 0. The Labute approximate surface area is 171 Å². The molecule has 0 aromatic heterocycles. The zero-order valence-corrected chi connectivity index (χ0v) is 19.0. The minimum Gasteiger partial charge on any atom is -0.356 e. The lowest BCUT2D eigenvalue weighted by Gasteiger charge is -2.24. The molecule has 0 radical (unpaired) electrons. The number of likely N-dealkylation sites (N-methyl/N-ethyl adjacent to an activating group) is 2. The highest BCUT2D eigenvalue weighted by molar-refractivity contribution is 14.0. The van der Waals surface area contributed by atoms with E-state index in [4.69, 9.17) is 0 Å². The van der Waals surface area contributed by atoms with Crippen molar-refractivity contribution in [2.45, 2.75) is 52.5 Å². The van der Waals surface area contributed by atoms with Gasteiger partial charge in [0.25, 0.3) is 0 Å². The second-order valence-electron chi connectivity index (χ2n) is 6.82. The third-order valence-electron chi connectivity index (χ3n) is 4.99. The molecule has 0 aromatic carbocycles. The Hall–Kier alpha value is -0.570. The van der Waals surface area contributed by atoms with Crippen molar-refractivity contribution >= 4 is 35.8 Å². The molecular weight excluding hydrogens is 429 g/mol. The van der Waals surface area contributed by atoms with Crippen LogP contribution in [0.25, 0.3) is 0 Å². The van der Waals surface area contributed by atoms with E-state index in [0.29, 0.717) is 12.0 Å². The first kappa shape index (κ1) is 24.4. The fourth-order valence-corrected chi connectivity index (χ4v) is 3.04. The maximum Gasteiger partial charge on any atom is 0.243 e. The molecule has 1 atom stereocenters. The van der Waals surface area contributed by atoms with Gasteiger partial charge in [0.2, 0.25) is 5.91 Å². The van der Waals surface area contributed by atoms with Crippen LogP contribution in [0.2, 0.25) is 0 Å². The van der Waals surface area contributed by atoms with Gasteiger partial charge in [-0.1, -0.05) is 33.6 Å². The van der Waals surface area contributed by atoms with Gasteiger partial charge in [-0.05, 0) is 31.8 Å². The van der Waals surface area contributed by atoms with E-state index in [2.05, 4.69) is 41.3 Å². The highest BCUT2D eigenvalue weighted by Crippen LogP contribution is 2.15. The van der Waals surface area contributed by atoms with Crippen LogP contribution in [-0.4, -0.2) is 74.5 Å². The van der Waals surface area contributed by atoms with Gasteiger partial charge >= 0.3 is 0 Å². The zero-order valence-electron chi connectivity index (χ0n) is 16.7. The Kier molecular flexibility index (Phi) is 13.3. The van der Waals surface area contributed by atoms with Crippen LogP contribution in [0.1, 0.15) is 46.5 Å². The maximum atomic E-state index is 11.8. The summed E-state index contributed by atoms with van der Waals surface area (Å²) in [5.74, 6) is 1.43. The number of aliphatic imine (C=N–C) groups is 1. The summed E-state index contributed by atoms with van der Waals surface area (Å²) in [6.07, 6.45) is 4.81. The van der Waals surface area contributed by atoms with Gasteiger partial charge in [-0.15, -0.1) is 24.0 Å². The third-order valence-corrected chi connectivity index (χ3v) is 4.99. The lowest BCUT2D eigenvalue weighted by molar-refractivity contribution is -0.127. The van der Waals surface area contributed by atoms with E-state index >= 15 is 0 Å². The number of nitrogens with zero attached hydrogens (tertiary/aromatic N) is 3. The molecule has 25 heavy (non-hydrogen) atoms. The molecule has 2 N–H and O–H groups in total. The maximum absolute atomic E-state index is 11.8. The summed E-state index contributed by atoms with van der Waals surface area (Å²) in [5, 5.41) is 6.87. The predicted octanol–water partition coefficient (Wildman–Crippen LogP) is 2.15. The zero-order chi connectivity index (χ0) is 17.9. The van der Waals surface area contributed by atoms with Crippen molar-refractivity contribution < 1.29 is 4.79 Å². The average molecular weight is 467 g/mol. The van der Waals surface area contributed by atoms with Gasteiger partial charge in [-0.25, -0.2) is 4.99 Å². The summed E-state index contributed by atoms with van der Waals surface area (Å²) in [6, 6.07) is 0.569. The van der Waals surface area contributed by atoms with Crippen LogP contribution < -0.4 is 10.6 Å². The van der Waals surface area contributed by atoms with E-state index in [9.17, 15) is 4.79 Å². The molecule has 0 spiro atoms. The van der Waals surface area contributed by atoms with Gasteiger partial charge in [0.05, 0.1) is 0 Å². The Balaban J connectivity index is 0.00000576. The van der Waals surface area contributed by atoms with Crippen molar-refractivity contribution in [1.82, 2.24) is 20.4 Å². The number of guanidine groups is 1. The van der Waals surface area contributed by atoms with E-state index in [-0.39, 0.29) is 36.4 Å². The molecular formula is C18H38IN5O. The fraction of sp³-hybridized carbons (Fsp3) is 0.889. The minimum absolute atomic E-state index is 0. The SMILES string of the molecule is CCC(CC)CNC(=NCC(=O)N(C)C)NCC1CCCN1CC.I. The van der Waals surface area contributed by atoms with Crippen LogP contribution in [0.5, 0.6) is 0 Å². The Morgan fingerprint density at radius 1 is 1.24 bits per heavy atom. The number of halogens is 1. The molecule has 0 aliphatic carbocycles. The standard InChI is InChI=1S/C18H37N5O.HI/c1-6-15(7-2)12-19-18(21-14-17(24)22(4)5)20-13-16-10-9-11-23(16)8-3;/h15-16H,6-14H2,1-5H3,(H2,19,20,21);1H. The molecule has 1 rings (SSSR count). The molecule has 1 unspecified atom stereocenters. The molecule has 1 amide bonds. The number of amides is 1. The number of rotatable bonds is 9. The number of nitrogens with one attached hydrogen (secondary N) is 2. The van der Waals surface area contributed by atoms with Crippen LogP contribution in [0.15, 0.2) is 4.99 Å². The van der Waals surface area contributed by atoms with Gasteiger partial charge in [-0.3, -0.25) is 9.69 Å². The molecule has 1 saturated heterocycles. The first-order chi connectivity index (χ1) is 11.5. The van der Waals surface area contributed by atoms with Crippen LogP contribution in [0.4, 0.5) is 0 Å². The molecule has 1 aliphatic rings. The Morgan fingerprint density at radius 3 is 2.48 bits per heavy atom. The number of hydrogen-bond acceptors (Lipinski definition) is 3. The van der Waals surface area contributed by atoms with Crippen LogP contribution in [0.3, 0.4) is 0 Å². The van der Waals surface area contributed by atoms with Gasteiger partial charge in [0.1, 0.15) is 6.54 Å². The number of carbonyl (C=O) groups is 1. The Bertz CT molecular complexity index is 399. The van der Waals surface area contributed by atoms with Crippen LogP contribution in [0, 0.1) is 5.92 Å². The van der Waals surface area contributed by atoms with E-state index in [0.717, 1.165) is 38.4 Å². The minimum atomic E-state index is 0. The fourth-order valence-electron chi connectivity index (χ4n) is 3.04. The third kappa shape index (κ3) is 9.08. The van der Waals surface area contributed by atoms with E-state index < -0.39 is 0 Å². The first-order valence-electron chi connectivity index (χ1n) is 9.48. The predicted molar refractivity (Wildman–Crippen MR) is 117 cm³/mol. The Morgan fingerprint density at radius 2 is 1.92 bits per heavy atom. The van der Waals surface area contributed by atoms with Gasteiger partial charge in [0, 0.05) is 33.2 Å². The molecule has 0 bridgehead atoms. The molecule has 0 saturated carbocycles. The molecule has 1 aliphatic heterocycles. The van der Waals surface area contributed by atoms with E-state index in [1.807, 2.05) is 0 Å². The smallest absolute Gasteiger partial charge is 0.243 e. The van der Waals surface area contributed by atoms with Crippen LogP contribution >= 0.6 is 24.0 Å². The summed E-state index contributed by atoms with van der Waals surface area (Å²) in [4.78, 5) is 20.4. The normalized spacial score (nSPS) is 18.2. The molecule has 148 valence electrons. The molecule has 1 heterocycles. The van der Waals surface area contributed by atoms with Crippen molar-refractivity contribution in [3.8, 4) is 0 Å². The number of carbonyl (C=O) groups excluding carboxylic acids is 1. The molecule has 7 heteroatoms. The van der Waals surface area contributed by atoms with Crippen molar-refractivity contribution in [2.75, 3.05) is 46.8 Å². The average Bonchev–Trinajstić information content (AvgIpc) is 3.04. The largest absolute Gasteiger partial charge is 0.356 e. The van der Waals surface area contributed by atoms with E-state index in [1.54, 1.807) is 19.0 Å². The summed E-state index contributed by atoms with van der Waals surface area (Å²) in [6.45, 7) is 10.9. The summed E-state index contributed by atoms with van der Waals surface area (Å²) in [7, 11) is 3.53. The van der Waals surface area contributed by atoms with E-state index in [1.165, 1.54) is 19.4 Å². The highest BCUT2D eigenvalue weighted by Gasteiger charge is 2.22. The lowest BCUT2D eigenvalue weighted by Crippen LogP contribution is -2.46. The quantitative estimate of drug-likeness (QED) is 0.310. The van der Waals surface area contributed by atoms with Gasteiger partial charge < -0.3 is 15.5 Å². The van der Waals surface area contributed by atoms with Gasteiger partial charge in [-0.2, -0.15) is 0 Å². The monoisotopic (exact) mass is 467 g/mol. The second kappa shape index (κ2) is 13.6. The number of hydrogen-bond donors (Lipinski definition) is 2. The molecule has 6 nitrogen and oxygen atoms in total. The topological polar surface area (TPSA) is 60.0 Å². The summed E-state index contributed by atoms with van der Waals surface area (Å²) >= 11 is 0. The van der Waals surface area contributed by atoms with Crippen molar-refractivity contribution in [3.05, 3.63) is 0 Å². The van der Waals surface area contributed by atoms with Crippen LogP contribution in [-0.2, 0) is 4.79 Å². The van der Waals surface area contributed by atoms with Crippen molar-refractivity contribution in [2.24, 2.45) is 10.9 Å². The van der Waals surface area contributed by atoms with Crippen molar-refractivity contribution in [1.29, 1.82) is 0 Å². The van der Waals surface area contributed by atoms with Gasteiger partial charge in [0.15, 0.2) is 5.96 Å². The lowest BCUT2D eigenvalue weighted by atomic mass is 10.0. The molecule has 0 aromatic rings. The van der Waals surface area contributed by atoms with Crippen molar-refractivity contribution in [3.63, 3.8) is 0 Å². The summed E-state index contributed by atoms with van der Waals surface area (Å²) in [5.41, 5.74) is 0. The second-order valence-corrected chi connectivity index (χ2v) is 6.82. The molecule has 1 fully saturated rings.